The fourth-order valence-electron chi connectivity index (χ4n) is 0.911. The molecule has 6 heteroatoms. The summed E-state index contributed by atoms with van der Waals surface area (Å²) < 4.78 is 24.7. The van der Waals surface area contributed by atoms with E-state index in [4.69, 9.17) is 28.9 Å². The van der Waals surface area contributed by atoms with Gasteiger partial charge in [0.05, 0.1) is 5.02 Å². The van der Waals surface area contributed by atoms with E-state index in [9.17, 15) is 8.78 Å². The van der Waals surface area contributed by atoms with Gasteiger partial charge in [-0.1, -0.05) is 23.2 Å². The first-order chi connectivity index (χ1) is 6.06. The largest absolute Gasteiger partial charge is 0.326 e. The minimum atomic E-state index is -2.71. The Labute approximate surface area is 83.7 Å². The van der Waals surface area contributed by atoms with Crippen LogP contribution in [-0.2, 0) is 6.54 Å². The second-order valence-electron chi connectivity index (χ2n) is 2.30. The molecular weight excluding hydrogens is 221 g/mol. The zero-order valence-corrected chi connectivity index (χ0v) is 7.91. The highest BCUT2D eigenvalue weighted by molar-refractivity contribution is 6.34. The Morgan fingerprint density at radius 2 is 2.08 bits per heavy atom. The molecule has 2 nitrogen and oxygen atoms in total. The lowest BCUT2D eigenvalue weighted by Gasteiger charge is -2.07. The van der Waals surface area contributed by atoms with Crippen molar-refractivity contribution in [2.24, 2.45) is 5.73 Å². The Hall–Kier alpha value is -0.450. The predicted octanol–water partition coefficient (Wildman–Crippen LogP) is 2.78. The molecule has 0 spiro atoms. The van der Waals surface area contributed by atoms with Gasteiger partial charge in [0.2, 0.25) is 0 Å². The molecule has 0 unspecified atom stereocenters. The molecule has 1 aromatic heterocycles. The van der Waals surface area contributed by atoms with Gasteiger partial charge in [-0.05, 0) is 6.07 Å². The summed E-state index contributed by atoms with van der Waals surface area (Å²) in [6, 6.07) is 1.29. The topological polar surface area (TPSA) is 38.9 Å². The summed E-state index contributed by atoms with van der Waals surface area (Å²) in [7, 11) is 0. The van der Waals surface area contributed by atoms with Crippen molar-refractivity contribution in [2.75, 3.05) is 0 Å². The molecule has 2 N–H and O–H groups in total. The normalized spacial score (nSPS) is 10.9. The van der Waals surface area contributed by atoms with Crippen LogP contribution in [0.1, 0.15) is 17.7 Å². The van der Waals surface area contributed by atoms with Crippen molar-refractivity contribution in [3.63, 3.8) is 0 Å². The van der Waals surface area contributed by atoms with Gasteiger partial charge < -0.3 is 5.73 Å². The van der Waals surface area contributed by atoms with E-state index in [0.29, 0.717) is 0 Å². The number of hydrogen-bond donors (Lipinski definition) is 1. The number of aromatic nitrogens is 1. The quantitative estimate of drug-likeness (QED) is 0.789. The minimum Gasteiger partial charge on any atom is -0.326 e. The van der Waals surface area contributed by atoms with Gasteiger partial charge in [-0.15, -0.1) is 0 Å². The first kappa shape index (κ1) is 10.6. The molecule has 0 amide bonds. The molecule has 0 aliphatic carbocycles. The molecular formula is C7H6Cl2F2N2. The highest BCUT2D eigenvalue weighted by Gasteiger charge is 2.17. The first-order valence-corrected chi connectivity index (χ1v) is 4.15. The van der Waals surface area contributed by atoms with E-state index < -0.39 is 12.1 Å². The molecule has 13 heavy (non-hydrogen) atoms. The smallest absolute Gasteiger partial charge is 0.280 e. The van der Waals surface area contributed by atoms with Crippen molar-refractivity contribution in [2.45, 2.75) is 13.0 Å². The van der Waals surface area contributed by atoms with Crippen LogP contribution in [0.5, 0.6) is 0 Å². The van der Waals surface area contributed by atoms with E-state index in [1.165, 1.54) is 6.07 Å². The van der Waals surface area contributed by atoms with Gasteiger partial charge in [0.15, 0.2) is 0 Å². The standard InChI is InChI=1S/C7H6Cl2F2N2/c8-4-1-5(9)13-6(7(10)11)3(4)2-12/h1,7H,2,12H2. The van der Waals surface area contributed by atoms with Crippen molar-refractivity contribution >= 4 is 23.2 Å². The highest BCUT2D eigenvalue weighted by atomic mass is 35.5. The highest BCUT2D eigenvalue weighted by Crippen LogP contribution is 2.28. The molecule has 1 heterocycles. The Morgan fingerprint density at radius 1 is 1.46 bits per heavy atom. The van der Waals surface area contributed by atoms with Crippen LogP contribution in [0, 0.1) is 0 Å². The predicted molar refractivity (Wildman–Crippen MR) is 47.1 cm³/mol. The number of nitrogens with zero attached hydrogens (tertiary/aromatic N) is 1. The molecule has 0 bridgehead atoms. The molecule has 0 radical (unpaired) electrons. The van der Waals surface area contributed by atoms with Gasteiger partial charge in [0.1, 0.15) is 10.8 Å². The van der Waals surface area contributed by atoms with E-state index in [-0.39, 0.29) is 22.3 Å². The maximum absolute atomic E-state index is 12.3. The van der Waals surface area contributed by atoms with E-state index in [0.717, 1.165) is 0 Å². The third kappa shape index (κ3) is 2.27. The summed E-state index contributed by atoms with van der Waals surface area (Å²) in [6.45, 7) is -0.0807. The van der Waals surface area contributed by atoms with Crippen LogP contribution < -0.4 is 5.73 Å². The van der Waals surface area contributed by atoms with Gasteiger partial charge in [-0.25, -0.2) is 13.8 Å². The van der Waals surface area contributed by atoms with E-state index >= 15 is 0 Å². The summed E-state index contributed by atoms with van der Waals surface area (Å²) in [5.41, 5.74) is 4.93. The Morgan fingerprint density at radius 3 is 2.54 bits per heavy atom. The van der Waals surface area contributed by atoms with Crippen molar-refractivity contribution in [3.8, 4) is 0 Å². The SMILES string of the molecule is NCc1c(Cl)cc(Cl)nc1C(F)F. The average molecular weight is 227 g/mol. The molecule has 72 valence electrons. The molecule has 0 saturated carbocycles. The molecule has 1 rings (SSSR count). The summed E-state index contributed by atoms with van der Waals surface area (Å²) in [6.07, 6.45) is -2.71. The lowest BCUT2D eigenvalue weighted by Crippen LogP contribution is -2.05. The molecule has 0 saturated heterocycles. The van der Waals surface area contributed by atoms with Crippen molar-refractivity contribution in [1.82, 2.24) is 4.98 Å². The number of pyridine rings is 1. The van der Waals surface area contributed by atoms with Crippen molar-refractivity contribution in [3.05, 3.63) is 27.5 Å². The molecule has 0 aromatic carbocycles. The number of hydrogen-bond acceptors (Lipinski definition) is 2. The van der Waals surface area contributed by atoms with Crippen LogP contribution in [0.4, 0.5) is 8.78 Å². The van der Waals surface area contributed by atoms with E-state index in [2.05, 4.69) is 4.98 Å². The zero-order chi connectivity index (χ0) is 10.0. The zero-order valence-electron chi connectivity index (χ0n) is 6.40. The molecule has 0 aliphatic rings. The third-order valence-corrected chi connectivity index (χ3v) is 2.01. The minimum absolute atomic E-state index is 0.0579. The fraction of sp³-hybridized carbons (Fsp3) is 0.286. The summed E-state index contributed by atoms with van der Waals surface area (Å²) in [5.74, 6) is 0. The molecule has 0 atom stereocenters. The van der Waals surface area contributed by atoms with Crippen LogP contribution >= 0.6 is 23.2 Å². The maximum atomic E-state index is 12.3. The van der Waals surface area contributed by atoms with Gasteiger partial charge >= 0.3 is 0 Å². The first-order valence-electron chi connectivity index (χ1n) is 3.39. The summed E-state index contributed by atoms with van der Waals surface area (Å²) in [5, 5.41) is 0.0651. The van der Waals surface area contributed by atoms with Gasteiger partial charge in [-0.2, -0.15) is 0 Å². The van der Waals surface area contributed by atoms with E-state index in [1.54, 1.807) is 0 Å². The third-order valence-electron chi connectivity index (χ3n) is 1.48. The summed E-state index contributed by atoms with van der Waals surface area (Å²) in [4.78, 5) is 3.46. The monoisotopic (exact) mass is 226 g/mol. The fourth-order valence-corrected chi connectivity index (χ4v) is 1.44. The number of nitrogens with two attached hydrogens (primary N) is 1. The second-order valence-corrected chi connectivity index (χ2v) is 3.09. The molecule has 0 fully saturated rings. The molecule has 1 aromatic rings. The average Bonchev–Trinajstić information content (AvgIpc) is 2.02. The van der Waals surface area contributed by atoms with Crippen LogP contribution in [0.3, 0.4) is 0 Å². The van der Waals surface area contributed by atoms with Gasteiger partial charge in [0, 0.05) is 12.1 Å². The molecule has 0 aliphatic heterocycles. The Kier molecular flexibility index (Phi) is 3.41. The van der Waals surface area contributed by atoms with Crippen LogP contribution in [0.2, 0.25) is 10.2 Å². The van der Waals surface area contributed by atoms with Crippen LogP contribution in [0.15, 0.2) is 6.07 Å². The number of halogens is 4. The summed E-state index contributed by atoms with van der Waals surface area (Å²) >= 11 is 11.1. The van der Waals surface area contributed by atoms with Crippen molar-refractivity contribution < 1.29 is 8.78 Å². The lowest BCUT2D eigenvalue weighted by atomic mass is 10.2. The van der Waals surface area contributed by atoms with Crippen molar-refractivity contribution in [1.29, 1.82) is 0 Å². The lowest BCUT2D eigenvalue weighted by molar-refractivity contribution is 0.145. The Balaban J connectivity index is 3.29. The van der Waals surface area contributed by atoms with Gasteiger partial charge in [-0.3, -0.25) is 0 Å². The van der Waals surface area contributed by atoms with Gasteiger partial charge in [0.25, 0.3) is 6.43 Å². The maximum Gasteiger partial charge on any atom is 0.280 e. The van der Waals surface area contributed by atoms with Crippen LogP contribution in [-0.4, -0.2) is 4.98 Å². The number of alkyl halides is 2. The number of rotatable bonds is 2. The second kappa shape index (κ2) is 4.17. The van der Waals surface area contributed by atoms with Crippen LogP contribution in [0.25, 0.3) is 0 Å². The van der Waals surface area contributed by atoms with E-state index in [1.807, 2.05) is 0 Å². The Bertz CT molecular complexity index is 318.